The molecular formula is C48H28N2O2. The van der Waals surface area contributed by atoms with Crippen molar-refractivity contribution in [3.8, 4) is 22.5 Å². The van der Waals surface area contributed by atoms with Crippen molar-refractivity contribution >= 4 is 87.5 Å². The predicted molar refractivity (Wildman–Crippen MR) is 215 cm³/mol. The zero-order valence-corrected chi connectivity index (χ0v) is 27.9. The van der Waals surface area contributed by atoms with Gasteiger partial charge in [0.15, 0.2) is 5.58 Å². The van der Waals surface area contributed by atoms with Crippen LogP contribution in [0, 0.1) is 0 Å². The summed E-state index contributed by atoms with van der Waals surface area (Å²) in [5.41, 5.74) is 12.7. The number of benzene rings is 8. The van der Waals surface area contributed by atoms with E-state index in [0.717, 1.165) is 82.9 Å². The molecule has 0 atom stereocenters. The highest BCUT2D eigenvalue weighted by Gasteiger charge is 2.27. The molecule has 0 spiro atoms. The maximum Gasteiger partial charge on any atom is 0.160 e. The van der Waals surface area contributed by atoms with Crippen LogP contribution in [0.15, 0.2) is 179 Å². The number of hydrogen-bond donors (Lipinski definition) is 0. The van der Waals surface area contributed by atoms with Gasteiger partial charge in [0.25, 0.3) is 0 Å². The zero-order chi connectivity index (χ0) is 33.9. The Morgan fingerprint density at radius 3 is 1.62 bits per heavy atom. The Morgan fingerprint density at radius 2 is 0.865 bits per heavy atom. The predicted octanol–water partition coefficient (Wildman–Crippen LogP) is 13.3. The number of rotatable bonds is 3. The third-order valence-electron chi connectivity index (χ3n) is 10.9. The van der Waals surface area contributed by atoms with Crippen molar-refractivity contribution in [2.45, 2.75) is 0 Å². The summed E-state index contributed by atoms with van der Waals surface area (Å²) in [5.74, 6) is 0. The molecule has 242 valence electrons. The fourth-order valence-electron chi connectivity index (χ4n) is 8.71. The van der Waals surface area contributed by atoms with Gasteiger partial charge >= 0.3 is 0 Å². The lowest BCUT2D eigenvalue weighted by molar-refractivity contribution is 0.669. The number of nitrogens with zero attached hydrogens (tertiary/aromatic N) is 2. The zero-order valence-electron chi connectivity index (χ0n) is 27.9. The van der Waals surface area contributed by atoms with E-state index in [-0.39, 0.29) is 0 Å². The summed E-state index contributed by atoms with van der Waals surface area (Å²) in [7, 11) is 0. The fraction of sp³-hybridized carbons (Fsp3) is 0. The number of fused-ring (bicyclic) bond motifs is 15. The van der Waals surface area contributed by atoms with Crippen LogP contribution in [0.1, 0.15) is 0 Å². The van der Waals surface area contributed by atoms with Gasteiger partial charge in [0.2, 0.25) is 0 Å². The van der Waals surface area contributed by atoms with Crippen LogP contribution >= 0.6 is 0 Å². The quantitative estimate of drug-likeness (QED) is 0.188. The minimum Gasteiger partial charge on any atom is -0.456 e. The molecule has 0 unspecified atom stereocenters. The second kappa shape index (κ2) is 10.3. The Balaban J connectivity index is 1.21. The van der Waals surface area contributed by atoms with Crippen molar-refractivity contribution in [2.24, 2.45) is 0 Å². The van der Waals surface area contributed by atoms with Gasteiger partial charge in [-0.3, -0.25) is 0 Å². The van der Waals surface area contributed by atoms with Crippen LogP contribution < -0.4 is 0 Å². The Bertz CT molecular complexity index is 3390. The van der Waals surface area contributed by atoms with Crippen LogP contribution in [0.25, 0.3) is 110 Å². The van der Waals surface area contributed by atoms with E-state index in [2.05, 4.69) is 167 Å². The summed E-state index contributed by atoms with van der Waals surface area (Å²) in [6.07, 6.45) is 0. The van der Waals surface area contributed by atoms with Crippen molar-refractivity contribution in [1.29, 1.82) is 0 Å². The van der Waals surface area contributed by atoms with Gasteiger partial charge in [0.1, 0.15) is 16.7 Å². The summed E-state index contributed by atoms with van der Waals surface area (Å²) < 4.78 is 17.9. The second-order valence-electron chi connectivity index (χ2n) is 13.6. The molecule has 0 aliphatic rings. The van der Waals surface area contributed by atoms with Crippen molar-refractivity contribution < 1.29 is 8.83 Å². The van der Waals surface area contributed by atoms with E-state index < -0.39 is 0 Å². The average molecular weight is 665 g/mol. The Hall–Kier alpha value is -7.04. The molecule has 4 heterocycles. The summed E-state index contributed by atoms with van der Waals surface area (Å²) in [5, 5.41) is 9.31. The van der Waals surface area contributed by atoms with Crippen molar-refractivity contribution in [1.82, 2.24) is 9.13 Å². The monoisotopic (exact) mass is 664 g/mol. The summed E-state index contributed by atoms with van der Waals surface area (Å²) in [4.78, 5) is 0. The number of para-hydroxylation sites is 5. The molecule has 0 saturated carbocycles. The highest BCUT2D eigenvalue weighted by molar-refractivity contribution is 6.39. The van der Waals surface area contributed by atoms with E-state index in [4.69, 9.17) is 8.83 Å². The normalized spacial score (nSPS) is 12.2. The van der Waals surface area contributed by atoms with E-state index in [1.54, 1.807) is 0 Å². The first-order valence-electron chi connectivity index (χ1n) is 17.7. The molecule has 12 aromatic rings. The Kier molecular flexibility index (Phi) is 5.47. The van der Waals surface area contributed by atoms with E-state index >= 15 is 0 Å². The first-order chi connectivity index (χ1) is 25.8. The number of aromatic nitrogens is 2. The molecule has 0 N–H and O–H groups in total. The van der Waals surface area contributed by atoms with E-state index in [9.17, 15) is 0 Å². The van der Waals surface area contributed by atoms with Crippen LogP contribution in [-0.4, -0.2) is 9.13 Å². The van der Waals surface area contributed by atoms with Crippen molar-refractivity contribution in [3.05, 3.63) is 170 Å². The summed E-state index contributed by atoms with van der Waals surface area (Å²) in [6.45, 7) is 0. The van der Waals surface area contributed by atoms with Crippen LogP contribution in [0.3, 0.4) is 0 Å². The van der Waals surface area contributed by atoms with E-state index in [1.807, 2.05) is 12.1 Å². The molecule has 4 aromatic heterocycles. The lowest BCUT2D eigenvalue weighted by Crippen LogP contribution is -1.96. The maximum atomic E-state index is 6.91. The van der Waals surface area contributed by atoms with Gasteiger partial charge in [-0.05, 0) is 71.8 Å². The number of furan rings is 2. The van der Waals surface area contributed by atoms with E-state index in [0.29, 0.717) is 0 Å². The lowest BCUT2D eigenvalue weighted by Gasteiger charge is -2.12. The van der Waals surface area contributed by atoms with Gasteiger partial charge in [-0.2, -0.15) is 0 Å². The Morgan fingerprint density at radius 1 is 0.327 bits per heavy atom. The average Bonchev–Trinajstić information content (AvgIpc) is 3.96. The topological polar surface area (TPSA) is 36.1 Å². The fourth-order valence-corrected chi connectivity index (χ4v) is 8.71. The third-order valence-corrected chi connectivity index (χ3v) is 10.9. The van der Waals surface area contributed by atoms with Crippen LogP contribution in [0.5, 0.6) is 0 Å². The summed E-state index contributed by atoms with van der Waals surface area (Å²) in [6, 6.07) is 60.4. The van der Waals surface area contributed by atoms with Gasteiger partial charge < -0.3 is 18.0 Å². The van der Waals surface area contributed by atoms with Gasteiger partial charge in [0.05, 0.1) is 22.1 Å². The van der Waals surface area contributed by atoms with Crippen LogP contribution in [0.2, 0.25) is 0 Å². The van der Waals surface area contributed by atoms with Crippen molar-refractivity contribution in [2.75, 3.05) is 0 Å². The first kappa shape index (κ1) is 27.7. The minimum atomic E-state index is 0.889. The first-order valence-corrected chi connectivity index (χ1v) is 17.7. The molecule has 4 nitrogen and oxygen atoms in total. The van der Waals surface area contributed by atoms with Gasteiger partial charge in [-0.1, -0.05) is 109 Å². The highest BCUT2D eigenvalue weighted by Crippen LogP contribution is 2.49. The van der Waals surface area contributed by atoms with Gasteiger partial charge in [0, 0.05) is 54.5 Å². The smallest absolute Gasteiger partial charge is 0.160 e. The van der Waals surface area contributed by atoms with Crippen LogP contribution in [-0.2, 0) is 0 Å². The molecule has 0 radical (unpaired) electrons. The molecule has 0 amide bonds. The third kappa shape index (κ3) is 3.65. The van der Waals surface area contributed by atoms with Crippen LogP contribution in [0.4, 0.5) is 0 Å². The standard InChI is InChI=1S/C48H28N2O2/c1-2-12-31(13-3-1)50-39-19-9-5-16-35(39)45-46-43(44-36-17-7-11-21-41(36)52-48(44)47(45)50)34-15-4-8-18-38(34)49(46)32-25-22-29(23-26-32)30-24-27-42-37(28-30)33-14-6-10-20-40(33)51-42/h1-28H. The summed E-state index contributed by atoms with van der Waals surface area (Å²) >= 11 is 0. The largest absolute Gasteiger partial charge is 0.456 e. The molecular weight excluding hydrogens is 637 g/mol. The second-order valence-corrected chi connectivity index (χ2v) is 13.6. The molecule has 12 rings (SSSR count). The Labute approximate surface area is 296 Å². The molecule has 52 heavy (non-hydrogen) atoms. The maximum absolute atomic E-state index is 6.91. The molecule has 0 fully saturated rings. The minimum absolute atomic E-state index is 0.889. The molecule has 0 bridgehead atoms. The SMILES string of the molecule is c1ccc(-n2c3ccccc3c3c2c2oc4ccccc4c2c2c4ccccc4n(-c4ccc(-c5ccc6oc7ccccc7c6c5)cc4)c23)cc1. The molecule has 0 aliphatic carbocycles. The highest BCUT2D eigenvalue weighted by atomic mass is 16.3. The molecule has 0 saturated heterocycles. The lowest BCUT2D eigenvalue weighted by atomic mass is 10.0. The van der Waals surface area contributed by atoms with Gasteiger partial charge in [-0.25, -0.2) is 0 Å². The van der Waals surface area contributed by atoms with Gasteiger partial charge in [-0.15, -0.1) is 0 Å². The van der Waals surface area contributed by atoms with Crippen molar-refractivity contribution in [3.63, 3.8) is 0 Å². The number of hydrogen-bond acceptors (Lipinski definition) is 2. The molecule has 4 heteroatoms. The molecule has 0 aliphatic heterocycles. The molecule has 8 aromatic carbocycles. The van der Waals surface area contributed by atoms with E-state index in [1.165, 1.54) is 27.1 Å².